The molecule has 2 heterocycles. The third-order valence-corrected chi connectivity index (χ3v) is 6.12. The molecule has 0 unspecified atom stereocenters. The lowest BCUT2D eigenvalue weighted by Gasteiger charge is -2.06. The van der Waals surface area contributed by atoms with Crippen molar-refractivity contribution in [1.82, 2.24) is 9.78 Å². The highest BCUT2D eigenvalue weighted by atomic mass is 35.5. The average Bonchev–Trinajstić information content (AvgIpc) is 3.22. The number of halogens is 3. The number of carbonyl (C=O) groups is 1. The average molecular weight is 452 g/mol. The molecule has 4 rings (SSSR count). The molecular formula is C20H13Cl3N2O2S. The molecular weight excluding hydrogens is 439 g/mol. The fourth-order valence-corrected chi connectivity index (χ4v) is 4.42. The van der Waals surface area contributed by atoms with Gasteiger partial charge in [-0.25, -0.2) is 9.48 Å². The molecule has 0 saturated heterocycles. The van der Waals surface area contributed by atoms with Crippen molar-refractivity contribution in [2.24, 2.45) is 0 Å². The Morgan fingerprint density at radius 2 is 1.79 bits per heavy atom. The van der Waals surface area contributed by atoms with Gasteiger partial charge in [0, 0.05) is 26.0 Å². The van der Waals surface area contributed by atoms with Crippen molar-refractivity contribution in [1.29, 1.82) is 0 Å². The Bertz CT molecular complexity index is 1180. The quantitative estimate of drug-likeness (QED) is 0.324. The molecule has 2 aromatic heterocycles. The van der Waals surface area contributed by atoms with Gasteiger partial charge in [0.25, 0.3) is 0 Å². The number of carbonyl (C=O) groups excluding carboxylic acids is 1. The SMILES string of the molecule is Cc1nn(-c2ccc(Cl)cc2)c2sc(C(=O)OCc3ccc(Cl)cc3Cl)cc12. The van der Waals surface area contributed by atoms with E-state index in [1.807, 2.05) is 19.1 Å². The van der Waals surface area contributed by atoms with Crippen LogP contribution in [0, 0.1) is 6.92 Å². The van der Waals surface area contributed by atoms with Crippen LogP contribution in [0.2, 0.25) is 15.1 Å². The van der Waals surface area contributed by atoms with E-state index in [1.165, 1.54) is 11.3 Å². The maximum atomic E-state index is 12.5. The van der Waals surface area contributed by atoms with Crippen LogP contribution >= 0.6 is 46.1 Å². The molecule has 0 aliphatic carbocycles. The van der Waals surface area contributed by atoms with E-state index in [0.717, 1.165) is 21.6 Å². The molecule has 0 amide bonds. The van der Waals surface area contributed by atoms with Crippen LogP contribution in [-0.4, -0.2) is 15.7 Å². The first-order valence-electron chi connectivity index (χ1n) is 8.28. The van der Waals surface area contributed by atoms with Gasteiger partial charge in [0.1, 0.15) is 16.3 Å². The summed E-state index contributed by atoms with van der Waals surface area (Å²) < 4.78 is 7.24. The van der Waals surface area contributed by atoms with Gasteiger partial charge in [0.05, 0.1) is 11.4 Å². The number of benzene rings is 2. The minimum Gasteiger partial charge on any atom is -0.457 e. The first-order valence-corrected chi connectivity index (χ1v) is 10.2. The van der Waals surface area contributed by atoms with E-state index in [0.29, 0.717) is 25.5 Å². The standard InChI is InChI=1S/C20H13Cl3N2O2S/c1-11-16-9-18(20(26)27-10-12-2-3-14(22)8-17(12)23)28-19(16)25(24-11)15-6-4-13(21)5-7-15/h2-9H,10H2,1H3. The smallest absolute Gasteiger partial charge is 0.348 e. The molecule has 0 N–H and O–H groups in total. The summed E-state index contributed by atoms with van der Waals surface area (Å²) in [5.41, 5.74) is 2.40. The monoisotopic (exact) mass is 450 g/mol. The second-order valence-corrected chi connectivity index (χ2v) is 8.43. The number of aromatic nitrogens is 2. The fourth-order valence-electron chi connectivity index (χ4n) is 2.76. The number of hydrogen-bond donors (Lipinski definition) is 0. The molecule has 0 radical (unpaired) electrons. The highest BCUT2D eigenvalue weighted by Crippen LogP contribution is 2.31. The largest absolute Gasteiger partial charge is 0.457 e. The van der Waals surface area contributed by atoms with Crippen LogP contribution in [0.1, 0.15) is 20.9 Å². The van der Waals surface area contributed by atoms with Crippen molar-refractivity contribution < 1.29 is 9.53 Å². The Labute approximate surface area is 180 Å². The molecule has 4 nitrogen and oxygen atoms in total. The lowest BCUT2D eigenvalue weighted by molar-refractivity contribution is 0.0479. The van der Waals surface area contributed by atoms with Gasteiger partial charge in [0.2, 0.25) is 0 Å². The van der Waals surface area contributed by atoms with Gasteiger partial charge in [-0.2, -0.15) is 5.10 Å². The van der Waals surface area contributed by atoms with E-state index in [2.05, 4.69) is 5.10 Å². The molecule has 0 atom stereocenters. The Morgan fingerprint density at radius 1 is 1.07 bits per heavy atom. The number of fused-ring (bicyclic) bond motifs is 1. The molecule has 8 heteroatoms. The molecule has 4 aromatic rings. The minimum atomic E-state index is -0.408. The van der Waals surface area contributed by atoms with E-state index in [4.69, 9.17) is 39.5 Å². The van der Waals surface area contributed by atoms with Gasteiger partial charge in [-0.1, -0.05) is 40.9 Å². The van der Waals surface area contributed by atoms with Crippen molar-refractivity contribution in [2.75, 3.05) is 0 Å². The molecule has 28 heavy (non-hydrogen) atoms. The number of esters is 1. The van der Waals surface area contributed by atoms with Crippen molar-refractivity contribution >= 4 is 62.3 Å². The highest BCUT2D eigenvalue weighted by molar-refractivity contribution is 7.20. The molecule has 0 spiro atoms. The Balaban J connectivity index is 1.60. The number of nitrogens with zero attached hydrogens (tertiary/aromatic N) is 2. The first kappa shape index (κ1) is 19.3. The van der Waals surface area contributed by atoms with Crippen LogP contribution in [0.25, 0.3) is 15.9 Å². The van der Waals surface area contributed by atoms with Crippen LogP contribution < -0.4 is 0 Å². The summed E-state index contributed by atoms with van der Waals surface area (Å²) >= 11 is 19.3. The van der Waals surface area contributed by atoms with Crippen molar-refractivity contribution in [3.8, 4) is 5.69 Å². The summed E-state index contributed by atoms with van der Waals surface area (Å²) in [4.78, 5) is 13.9. The number of aryl methyl sites for hydroxylation is 1. The number of ether oxygens (including phenoxy) is 1. The van der Waals surface area contributed by atoms with E-state index < -0.39 is 5.97 Å². The van der Waals surface area contributed by atoms with E-state index in [1.54, 1.807) is 41.1 Å². The van der Waals surface area contributed by atoms with E-state index in [-0.39, 0.29) is 6.61 Å². The predicted octanol–water partition coefficient (Wildman–Crippen LogP) is 6.71. The second kappa shape index (κ2) is 7.76. The number of hydrogen-bond acceptors (Lipinski definition) is 4. The summed E-state index contributed by atoms with van der Waals surface area (Å²) in [6, 6.07) is 14.3. The number of thiophene rings is 1. The van der Waals surface area contributed by atoms with Gasteiger partial charge in [-0.15, -0.1) is 11.3 Å². The van der Waals surface area contributed by atoms with Crippen LogP contribution in [0.4, 0.5) is 0 Å². The predicted molar refractivity (Wildman–Crippen MR) is 114 cm³/mol. The first-order chi connectivity index (χ1) is 13.4. The van der Waals surface area contributed by atoms with Crippen LogP contribution in [0.3, 0.4) is 0 Å². The number of rotatable bonds is 4. The summed E-state index contributed by atoms with van der Waals surface area (Å²) in [7, 11) is 0. The highest BCUT2D eigenvalue weighted by Gasteiger charge is 2.18. The Hall–Kier alpha value is -2.05. The van der Waals surface area contributed by atoms with Gasteiger partial charge >= 0.3 is 5.97 Å². The van der Waals surface area contributed by atoms with E-state index in [9.17, 15) is 4.79 Å². The summed E-state index contributed by atoms with van der Waals surface area (Å²) in [6.07, 6.45) is 0. The minimum absolute atomic E-state index is 0.0748. The zero-order chi connectivity index (χ0) is 19.8. The molecule has 0 aliphatic rings. The zero-order valence-corrected chi connectivity index (χ0v) is 17.7. The third-order valence-electron chi connectivity index (χ3n) is 4.19. The summed E-state index contributed by atoms with van der Waals surface area (Å²) in [6.45, 7) is 1.98. The summed E-state index contributed by atoms with van der Waals surface area (Å²) in [5.74, 6) is -0.408. The lowest BCUT2D eigenvalue weighted by Crippen LogP contribution is -2.03. The Kier molecular flexibility index (Phi) is 5.34. The molecule has 0 aliphatic heterocycles. The maximum absolute atomic E-state index is 12.5. The zero-order valence-electron chi connectivity index (χ0n) is 14.6. The summed E-state index contributed by atoms with van der Waals surface area (Å²) in [5, 5.41) is 7.13. The van der Waals surface area contributed by atoms with Crippen molar-refractivity contribution in [3.05, 3.63) is 79.7 Å². The van der Waals surface area contributed by atoms with E-state index >= 15 is 0 Å². The normalized spacial score (nSPS) is 11.1. The van der Waals surface area contributed by atoms with Crippen LogP contribution in [0.15, 0.2) is 48.5 Å². The van der Waals surface area contributed by atoms with Gasteiger partial charge < -0.3 is 4.74 Å². The van der Waals surface area contributed by atoms with Crippen LogP contribution in [0.5, 0.6) is 0 Å². The maximum Gasteiger partial charge on any atom is 0.348 e. The van der Waals surface area contributed by atoms with Crippen LogP contribution in [-0.2, 0) is 11.3 Å². The Morgan fingerprint density at radius 3 is 2.50 bits per heavy atom. The van der Waals surface area contributed by atoms with Crippen molar-refractivity contribution in [2.45, 2.75) is 13.5 Å². The molecule has 0 fully saturated rings. The molecule has 0 saturated carbocycles. The van der Waals surface area contributed by atoms with Gasteiger partial charge in [-0.05, 0) is 49.4 Å². The third kappa shape index (κ3) is 3.76. The lowest BCUT2D eigenvalue weighted by atomic mass is 10.2. The van der Waals surface area contributed by atoms with Gasteiger partial charge in [-0.3, -0.25) is 0 Å². The molecule has 2 aromatic carbocycles. The topological polar surface area (TPSA) is 44.1 Å². The fraction of sp³-hybridized carbons (Fsp3) is 0.100. The molecule has 142 valence electrons. The second-order valence-electron chi connectivity index (χ2n) is 6.11. The van der Waals surface area contributed by atoms with Crippen molar-refractivity contribution in [3.63, 3.8) is 0 Å². The van der Waals surface area contributed by atoms with Gasteiger partial charge in [0.15, 0.2) is 0 Å². The molecule has 0 bridgehead atoms.